The fourth-order valence-electron chi connectivity index (χ4n) is 2.90. The van der Waals surface area contributed by atoms with E-state index in [1.807, 2.05) is 23.6 Å². The third-order valence-corrected chi connectivity index (χ3v) is 4.44. The van der Waals surface area contributed by atoms with Gasteiger partial charge in [0, 0.05) is 32.2 Å². The summed E-state index contributed by atoms with van der Waals surface area (Å²) in [5, 5.41) is 5.13. The van der Waals surface area contributed by atoms with Gasteiger partial charge < -0.3 is 10.6 Å². The molecule has 0 spiro atoms. The highest BCUT2D eigenvalue weighted by Crippen LogP contribution is 2.20. The van der Waals surface area contributed by atoms with Gasteiger partial charge in [0.2, 0.25) is 11.8 Å². The SMILES string of the molecule is CC(C)NC(=O)CN1CCN([C@@H](C)C(=O)Nc2ccc(F)c(F)c2F)CC1. The van der Waals surface area contributed by atoms with E-state index in [1.165, 1.54) is 0 Å². The molecule has 2 rings (SSSR count). The molecule has 0 aromatic heterocycles. The van der Waals surface area contributed by atoms with Crippen molar-refractivity contribution in [2.24, 2.45) is 0 Å². The van der Waals surface area contributed by atoms with Crippen molar-refractivity contribution in [1.82, 2.24) is 15.1 Å². The maximum absolute atomic E-state index is 13.7. The van der Waals surface area contributed by atoms with Crippen LogP contribution in [0.15, 0.2) is 12.1 Å². The fraction of sp³-hybridized carbons (Fsp3) is 0.556. The summed E-state index contributed by atoms with van der Waals surface area (Å²) in [6.45, 7) is 8.10. The van der Waals surface area contributed by atoms with Crippen LogP contribution >= 0.6 is 0 Å². The fourth-order valence-corrected chi connectivity index (χ4v) is 2.90. The van der Waals surface area contributed by atoms with Gasteiger partial charge in [-0.15, -0.1) is 0 Å². The van der Waals surface area contributed by atoms with Crippen LogP contribution in [0.2, 0.25) is 0 Å². The highest BCUT2D eigenvalue weighted by molar-refractivity contribution is 5.94. The van der Waals surface area contributed by atoms with Crippen molar-refractivity contribution in [2.75, 3.05) is 38.0 Å². The molecule has 150 valence electrons. The van der Waals surface area contributed by atoms with Crippen molar-refractivity contribution < 1.29 is 22.8 Å². The van der Waals surface area contributed by atoms with Crippen molar-refractivity contribution >= 4 is 17.5 Å². The summed E-state index contributed by atoms with van der Waals surface area (Å²) in [5.41, 5.74) is -0.394. The molecule has 1 atom stereocenters. The number of hydrogen-bond donors (Lipinski definition) is 2. The van der Waals surface area contributed by atoms with Gasteiger partial charge in [0.25, 0.3) is 0 Å². The predicted octanol–water partition coefficient (Wildman–Crippen LogP) is 1.57. The molecular formula is C18H25F3N4O2. The molecule has 1 aliphatic heterocycles. The second-order valence-corrected chi connectivity index (χ2v) is 6.92. The molecule has 1 saturated heterocycles. The van der Waals surface area contributed by atoms with Crippen LogP contribution in [0.4, 0.5) is 18.9 Å². The Morgan fingerprint density at radius 2 is 1.67 bits per heavy atom. The lowest BCUT2D eigenvalue weighted by Gasteiger charge is -2.37. The smallest absolute Gasteiger partial charge is 0.241 e. The van der Waals surface area contributed by atoms with Crippen LogP contribution in [0.25, 0.3) is 0 Å². The monoisotopic (exact) mass is 386 g/mol. The number of carbonyl (C=O) groups is 2. The largest absolute Gasteiger partial charge is 0.353 e. The van der Waals surface area contributed by atoms with E-state index < -0.39 is 35.1 Å². The van der Waals surface area contributed by atoms with Crippen LogP contribution in [0.3, 0.4) is 0 Å². The summed E-state index contributed by atoms with van der Waals surface area (Å²) in [7, 11) is 0. The molecular weight excluding hydrogens is 361 g/mol. The van der Waals surface area contributed by atoms with Crippen molar-refractivity contribution in [3.8, 4) is 0 Å². The van der Waals surface area contributed by atoms with E-state index >= 15 is 0 Å². The first kappa shape index (κ1) is 21.2. The van der Waals surface area contributed by atoms with Gasteiger partial charge in [0.05, 0.1) is 18.3 Å². The molecule has 1 aliphatic rings. The number of benzene rings is 1. The Morgan fingerprint density at radius 1 is 1.04 bits per heavy atom. The number of carbonyl (C=O) groups excluding carboxylic acids is 2. The Bertz CT molecular complexity index is 691. The molecule has 2 N–H and O–H groups in total. The standard InChI is InChI=1S/C18H25F3N4O2/c1-11(2)22-15(26)10-24-6-8-25(9-7-24)12(3)18(27)23-14-5-4-13(19)16(20)17(14)21/h4-5,11-12H,6-10H2,1-3H3,(H,22,26)(H,23,27)/t12-/m0/s1. The summed E-state index contributed by atoms with van der Waals surface area (Å²) in [6, 6.07) is 1.26. The van der Waals surface area contributed by atoms with Crippen molar-refractivity contribution in [3.63, 3.8) is 0 Å². The van der Waals surface area contributed by atoms with E-state index in [-0.39, 0.29) is 11.9 Å². The Kier molecular flexibility index (Phi) is 7.20. The topological polar surface area (TPSA) is 64.7 Å². The van der Waals surface area contributed by atoms with Crippen molar-refractivity contribution in [2.45, 2.75) is 32.9 Å². The average Bonchev–Trinajstić information content (AvgIpc) is 2.61. The van der Waals surface area contributed by atoms with Crippen LogP contribution in [-0.2, 0) is 9.59 Å². The lowest BCUT2D eigenvalue weighted by atomic mass is 10.2. The minimum absolute atomic E-state index is 0.0435. The number of piperazine rings is 1. The highest BCUT2D eigenvalue weighted by atomic mass is 19.2. The predicted molar refractivity (Wildman–Crippen MR) is 95.7 cm³/mol. The van der Waals surface area contributed by atoms with Crippen LogP contribution in [0.5, 0.6) is 0 Å². The van der Waals surface area contributed by atoms with Gasteiger partial charge in [-0.3, -0.25) is 19.4 Å². The normalized spacial score (nSPS) is 17.0. The summed E-state index contributed by atoms with van der Waals surface area (Å²) >= 11 is 0. The molecule has 1 aromatic rings. The number of nitrogens with one attached hydrogen (secondary N) is 2. The van der Waals surface area contributed by atoms with Crippen molar-refractivity contribution in [1.29, 1.82) is 0 Å². The Balaban J connectivity index is 1.86. The number of nitrogens with zero attached hydrogens (tertiary/aromatic N) is 2. The molecule has 0 unspecified atom stereocenters. The zero-order valence-corrected chi connectivity index (χ0v) is 15.7. The second kappa shape index (κ2) is 9.18. The zero-order chi connectivity index (χ0) is 20.1. The first-order chi connectivity index (χ1) is 12.7. The summed E-state index contributed by atoms with van der Waals surface area (Å²) < 4.78 is 40.0. The van der Waals surface area contributed by atoms with Gasteiger partial charge in [-0.25, -0.2) is 13.2 Å². The van der Waals surface area contributed by atoms with Crippen LogP contribution in [0.1, 0.15) is 20.8 Å². The van der Waals surface area contributed by atoms with Gasteiger partial charge in [-0.2, -0.15) is 0 Å². The van der Waals surface area contributed by atoms with E-state index in [4.69, 9.17) is 0 Å². The maximum atomic E-state index is 13.7. The van der Waals surface area contributed by atoms with Gasteiger partial charge >= 0.3 is 0 Å². The summed E-state index contributed by atoms with van der Waals surface area (Å²) in [5.74, 6) is -4.90. The lowest BCUT2D eigenvalue weighted by molar-refractivity contribution is -0.125. The van der Waals surface area contributed by atoms with Gasteiger partial charge in [-0.05, 0) is 32.9 Å². The Morgan fingerprint density at radius 3 is 2.26 bits per heavy atom. The minimum atomic E-state index is -1.62. The van der Waals surface area contributed by atoms with Gasteiger partial charge in [-0.1, -0.05) is 0 Å². The number of halogens is 3. The minimum Gasteiger partial charge on any atom is -0.353 e. The van der Waals surface area contributed by atoms with Crippen molar-refractivity contribution in [3.05, 3.63) is 29.6 Å². The quantitative estimate of drug-likeness (QED) is 0.729. The maximum Gasteiger partial charge on any atom is 0.241 e. The number of hydrogen-bond acceptors (Lipinski definition) is 4. The number of amides is 2. The van der Waals surface area contributed by atoms with E-state index in [1.54, 1.807) is 6.92 Å². The van der Waals surface area contributed by atoms with Crippen LogP contribution in [-0.4, -0.2) is 66.4 Å². The average molecular weight is 386 g/mol. The molecule has 2 amide bonds. The third kappa shape index (κ3) is 5.67. The first-order valence-electron chi connectivity index (χ1n) is 8.89. The van der Waals surface area contributed by atoms with E-state index in [0.29, 0.717) is 32.7 Å². The third-order valence-electron chi connectivity index (χ3n) is 4.44. The molecule has 1 aromatic carbocycles. The van der Waals surface area contributed by atoms with Crippen LogP contribution < -0.4 is 10.6 Å². The number of anilines is 1. The first-order valence-corrected chi connectivity index (χ1v) is 8.89. The van der Waals surface area contributed by atoms with E-state index in [2.05, 4.69) is 10.6 Å². The molecule has 0 saturated carbocycles. The second-order valence-electron chi connectivity index (χ2n) is 6.92. The van der Waals surface area contributed by atoms with Crippen LogP contribution in [0, 0.1) is 17.5 Å². The molecule has 0 radical (unpaired) electrons. The Labute approximate surface area is 156 Å². The Hall–Kier alpha value is -2.13. The van der Waals surface area contributed by atoms with E-state index in [9.17, 15) is 22.8 Å². The molecule has 0 aliphatic carbocycles. The summed E-state index contributed by atoms with van der Waals surface area (Å²) in [6.07, 6.45) is 0. The molecule has 1 fully saturated rings. The molecule has 6 nitrogen and oxygen atoms in total. The molecule has 1 heterocycles. The zero-order valence-electron chi connectivity index (χ0n) is 15.7. The van der Waals surface area contributed by atoms with Gasteiger partial charge in [0.15, 0.2) is 17.5 Å². The molecule has 9 heteroatoms. The van der Waals surface area contributed by atoms with E-state index in [0.717, 1.165) is 12.1 Å². The lowest BCUT2D eigenvalue weighted by Crippen LogP contribution is -2.54. The molecule has 27 heavy (non-hydrogen) atoms. The van der Waals surface area contributed by atoms with Gasteiger partial charge in [0.1, 0.15) is 0 Å². The highest BCUT2D eigenvalue weighted by Gasteiger charge is 2.27. The molecule has 0 bridgehead atoms. The summed E-state index contributed by atoms with van der Waals surface area (Å²) in [4.78, 5) is 28.0. The number of rotatable bonds is 6.